The first-order chi connectivity index (χ1) is 14.7. The monoisotopic (exact) mass is 419 g/mol. The molecular weight excluding hydrogens is 394 g/mol. The summed E-state index contributed by atoms with van der Waals surface area (Å²) in [4.78, 5) is 18.0. The van der Waals surface area contributed by atoms with Crippen LogP contribution >= 0.6 is 11.3 Å². The molecule has 2 aromatic heterocycles. The molecule has 0 bridgehead atoms. The van der Waals surface area contributed by atoms with Gasteiger partial charge in [-0.1, -0.05) is 85.6 Å². The number of hydrogen-bond acceptors (Lipinski definition) is 5. The average molecular weight is 420 g/mol. The van der Waals surface area contributed by atoms with Gasteiger partial charge in [-0.25, -0.2) is 0 Å². The number of unbranched alkanes of at least 4 members (excludes halogenated alkanes) is 3. The highest BCUT2D eigenvalue weighted by Gasteiger charge is 2.12. The summed E-state index contributed by atoms with van der Waals surface area (Å²) >= 11 is 1.35. The van der Waals surface area contributed by atoms with E-state index in [0.717, 1.165) is 23.3 Å². The lowest BCUT2D eigenvalue weighted by molar-refractivity contribution is 0.304. The molecule has 0 fully saturated rings. The van der Waals surface area contributed by atoms with Gasteiger partial charge in [-0.15, -0.1) is 5.10 Å². The second kappa shape index (κ2) is 9.22. The van der Waals surface area contributed by atoms with E-state index in [1.165, 1.54) is 40.7 Å². The van der Waals surface area contributed by atoms with Crippen molar-refractivity contribution in [2.45, 2.75) is 39.5 Å². The van der Waals surface area contributed by atoms with Crippen molar-refractivity contribution in [2.24, 2.45) is 0 Å². The van der Waals surface area contributed by atoms with E-state index in [2.05, 4.69) is 17.0 Å². The molecule has 0 N–H and O–H groups in total. The number of aromatic nitrogens is 3. The van der Waals surface area contributed by atoms with Gasteiger partial charge in [-0.3, -0.25) is 4.79 Å². The van der Waals surface area contributed by atoms with Crippen molar-refractivity contribution >= 4 is 22.4 Å². The van der Waals surface area contributed by atoms with Crippen molar-refractivity contribution in [3.05, 3.63) is 74.5 Å². The molecule has 0 radical (unpaired) electrons. The largest absolute Gasteiger partial charge is 0.493 e. The molecule has 154 valence electrons. The van der Waals surface area contributed by atoms with E-state index >= 15 is 0 Å². The molecule has 4 rings (SSSR count). The maximum absolute atomic E-state index is 12.9. The molecule has 2 aromatic carbocycles. The summed E-state index contributed by atoms with van der Waals surface area (Å²) < 4.78 is 7.96. The third-order valence-electron chi connectivity index (χ3n) is 4.95. The number of rotatable bonds is 8. The van der Waals surface area contributed by atoms with E-state index in [1.807, 2.05) is 61.5 Å². The highest BCUT2D eigenvalue weighted by Crippen LogP contribution is 2.20. The molecule has 0 amide bonds. The summed E-state index contributed by atoms with van der Waals surface area (Å²) in [5.74, 6) is 1.37. The quantitative estimate of drug-likeness (QED) is 0.391. The highest BCUT2D eigenvalue weighted by molar-refractivity contribution is 7.15. The lowest BCUT2D eigenvalue weighted by Gasteiger charge is -2.08. The number of ether oxygens (including phenoxy) is 1. The molecule has 2 heterocycles. The molecular formula is C24H25N3O2S. The van der Waals surface area contributed by atoms with Gasteiger partial charge in [0.1, 0.15) is 5.75 Å². The number of para-hydroxylation sites is 1. The van der Waals surface area contributed by atoms with Crippen LogP contribution in [0.5, 0.6) is 5.75 Å². The number of thiazole rings is 1. The Morgan fingerprint density at radius 1 is 1.07 bits per heavy atom. The minimum absolute atomic E-state index is 0.154. The van der Waals surface area contributed by atoms with Gasteiger partial charge in [0, 0.05) is 11.1 Å². The van der Waals surface area contributed by atoms with E-state index in [4.69, 9.17) is 4.74 Å². The normalized spacial score (nSPS) is 12.0. The van der Waals surface area contributed by atoms with Crippen LogP contribution in [0.1, 0.15) is 43.7 Å². The second-order valence-electron chi connectivity index (χ2n) is 7.36. The van der Waals surface area contributed by atoms with Gasteiger partial charge in [0.2, 0.25) is 4.96 Å². The van der Waals surface area contributed by atoms with Crippen LogP contribution in [-0.4, -0.2) is 21.2 Å². The molecule has 0 atom stereocenters. The zero-order valence-corrected chi connectivity index (χ0v) is 18.1. The number of benzene rings is 2. The average Bonchev–Trinajstić information content (AvgIpc) is 3.29. The van der Waals surface area contributed by atoms with Gasteiger partial charge in [0.05, 0.1) is 11.1 Å². The summed E-state index contributed by atoms with van der Waals surface area (Å²) in [5.41, 5.74) is 2.82. The number of aryl methyl sites for hydroxylation is 1. The van der Waals surface area contributed by atoms with E-state index in [0.29, 0.717) is 21.9 Å². The first-order valence-electron chi connectivity index (χ1n) is 10.4. The Balaban J connectivity index is 1.61. The summed E-state index contributed by atoms with van der Waals surface area (Å²) in [5, 5.41) is 4.43. The second-order valence-corrected chi connectivity index (χ2v) is 8.37. The van der Waals surface area contributed by atoms with Crippen LogP contribution in [0, 0.1) is 6.92 Å². The Labute approximate surface area is 179 Å². The SMILES string of the molecule is CCCCCCOc1ccccc1C=c1sc2nc(-c3ccc(C)cc3)nn2c1=O. The van der Waals surface area contributed by atoms with Crippen LogP contribution in [0.4, 0.5) is 0 Å². The highest BCUT2D eigenvalue weighted by atomic mass is 32.1. The summed E-state index contributed by atoms with van der Waals surface area (Å²) in [6.07, 6.45) is 6.51. The lowest BCUT2D eigenvalue weighted by atomic mass is 10.1. The Hall–Kier alpha value is -2.99. The molecule has 30 heavy (non-hydrogen) atoms. The standard InChI is InChI=1S/C24H25N3O2S/c1-3-4-5-8-15-29-20-10-7-6-9-19(20)16-21-23(28)27-24(30-21)25-22(26-27)18-13-11-17(2)12-14-18/h6-7,9-14,16H,3-5,8,15H2,1-2H3. The third-order valence-corrected chi connectivity index (χ3v) is 5.91. The molecule has 0 aliphatic rings. The first-order valence-corrected chi connectivity index (χ1v) is 11.2. The molecule has 0 saturated heterocycles. The van der Waals surface area contributed by atoms with Crippen LogP contribution < -0.4 is 14.8 Å². The van der Waals surface area contributed by atoms with Crippen molar-refractivity contribution in [3.63, 3.8) is 0 Å². The predicted molar refractivity (Wildman–Crippen MR) is 122 cm³/mol. The zero-order chi connectivity index (χ0) is 20.9. The third kappa shape index (κ3) is 4.44. The molecule has 0 spiro atoms. The fraction of sp³-hybridized carbons (Fsp3) is 0.292. The van der Waals surface area contributed by atoms with Gasteiger partial charge < -0.3 is 4.74 Å². The fourth-order valence-corrected chi connectivity index (χ4v) is 4.14. The molecule has 0 unspecified atom stereocenters. The Morgan fingerprint density at radius 2 is 1.87 bits per heavy atom. The predicted octanol–water partition coefficient (Wildman–Crippen LogP) is 4.63. The maximum Gasteiger partial charge on any atom is 0.291 e. The fourth-order valence-electron chi connectivity index (χ4n) is 3.24. The summed E-state index contributed by atoms with van der Waals surface area (Å²) in [6.45, 7) is 4.92. The maximum atomic E-state index is 12.9. The number of hydrogen-bond donors (Lipinski definition) is 0. The summed E-state index contributed by atoms with van der Waals surface area (Å²) in [6, 6.07) is 15.8. The Kier molecular flexibility index (Phi) is 6.23. The van der Waals surface area contributed by atoms with E-state index in [-0.39, 0.29) is 5.56 Å². The Bertz CT molecular complexity index is 1240. The zero-order valence-electron chi connectivity index (χ0n) is 17.3. The molecule has 0 aliphatic carbocycles. The molecule has 0 aliphatic heterocycles. The van der Waals surface area contributed by atoms with Crippen molar-refractivity contribution in [2.75, 3.05) is 6.61 Å². The molecule has 5 nitrogen and oxygen atoms in total. The van der Waals surface area contributed by atoms with Crippen LogP contribution in [0.2, 0.25) is 0 Å². The molecule has 6 heteroatoms. The molecule has 4 aromatic rings. The van der Waals surface area contributed by atoms with Crippen molar-refractivity contribution in [1.82, 2.24) is 14.6 Å². The topological polar surface area (TPSA) is 56.5 Å². The smallest absolute Gasteiger partial charge is 0.291 e. The van der Waals surface area contributed by atoms with Crippen molar-refractivity contribution < 1.29 is 4.74 Å². The van der Waals surface area contributed by atoms with Crippen LogP contribution in [0.3, 0.4) is 0 Å². The van der Waals surface area contributed by atoms with Gasteiger partial charge in [0.15, 0.2) is 5.82 Å². The number of fused-ring (bicyclic) bond motifs is 1. The van der Waals surface area contributed by atoms with Gasteiger partial charge in [0.25, 0.3) is 5.56 Å². The lowest BCUT2D eigenvalue weighted by Crippen LogP contribution is -2.23. The van der Waals surface area contributed by atoms with E-state index in [9.17, 15) is 4.79 Å². The number of nitrogens with zero attached hydrogens (tertiary/aromatic N) is 3. The van der Waals surface area contributed by atoms with Gasteiger partial charge >= 0.3 is 0 Å². The minimum atomic E-state index is -0.154. The van der Waals surface area contributed by atoms with Crippen LogP contribution in [0.25, 0.3) is 22.4 Å². The first kappa shape index (κ1) is 20.3. The summed E-state index contributed by atoms with van der Waals surface area (Å²) in [7, 11) is 0. The Morgan fingerprint density at radius 3 is 2.63 bits per heavy atom. The van der Waals surface area contributed by atoms with Gasteiger partial charge in [-0.2, -0.15) is 9.50 Å². The van der Waals surface area contributed by atoms with Crippen molar-refractivity contribution in [1.29, 1.82) is 0 Å². The van der Waals surface area contributed by atoms with Crippen LogP contribution in [0.15, 0.2) is 53.3 Å². The van der Waals surface area contributed by atoms with E-state index < -0.39 is 0 Å². The van der Waals surface area contributed by atoms with Crippen LogP contribution in [-0.2, 0) is 0 Å². The molecule has 0 saturated carbocycles. The van der Waals surface area contributed by atoms with Crippen molar-refractivity contribution in [3.8, 4) is 17.1 Å². The minimum Gasteiger partial charge on any atom is -0.493 e. The van der Waals surface area contributed by atoms with Gasteiger partial charge in [-0.05, 0) is 25.5 Å². The van der Waals surface area contributed by atoms with E-state index in [1.54, 1.807) is 0 Å².